The standard InChI is InChI=1S/C20H25F3N4O2/c21-20(22,23)15-4-2-1-3-13(15)10-24-17(28)16-9-19(16)5-7-27(8-6-19)18(29)14-11-25-26-12-14/h1-4,14,16,25-26H,5-12H2,(H,24,28). The van der Waals surface area contributed by atoms with Gasteiger partial charge in [-0.2, -0.15) is 13.2 Å². The molecule has 1 unspecified atom stereocenters. The van der Waals surface area contributed by atoms with Crippen LogP contribution in [-0.2, 0) is 22.3 Å². The molecule has 2 heterocycles. The molecule has 3 fully saturated rings. The van der Waals surface area contributed by atoms with E-state index in [-0.39, 0.29) is 41.2 Å². The van der Waals surface area contributed by atoms with Crippen LogP contribution in [0.1, 0.15) is 30.4 Å². The third-order valence-electron chi connectivity index (χ3n) is 6.52. The summed E-state index contributed by atoms with van der Waals surface area (Å²) in [6, 6.07) is 5.30. The minimum atomic E-state index is -4.44. The fraction of sp³-hybridized carbons (Fsp3) is 0.600. The number of nitrogens with one attached hydrogen (secondary N) is 3. The van der Waals surface area contributed by atoms with Crippen LogP contribution < -0.4 is 16.2 Å². The Bertz CT molecular complexity index is 784. The molecular weight excluding hydrogens is 385 g/mol. The van der Waals surface area contributed by atoms with Crippen molar-refractivity contribution >= 4 is 11.8 Å². The lowest BCUT2D eigenvalue weighted by Crippen LogP contribution is -2.44. The summed E-state index contributed by atoms with van der Waals surface area (Å²) in [5.41, 5.74) is 5.18. The van der Waals surface area contributed by atoms with Crippen LogP contribution in [0.4, 0.5) is 13.2 Å². The quantitative estimate of drug-likeness (QED) is 0.706. The summed E-state index contributed by atoms with van der Waals surface area (Å²) in [6.45, 7) is 2.40. The first kappa shape index (κ1) is 20.2. The van der Waals surface area contributed by atoms with E-state index in [1.165, 1.54) is 18.2 Å². The van der Waals surface area contributed by atoms with Crippen LogP contribution in [0.2, 0.25) is 0 Å². The van der Waals surface area contributed by atoms with E-state index in [2.05, 4.69) is 16.2 Å². The highest BCUT2D eigenvalue weighted by molar-refractivity contribution is 5.83. The molecule has 9 heteroatoms. The van der Waals surface area contributed by atoms with Crippen LogP contribution in [0.3, 0.4) is 0 Å². The maximum absolute atomic E-state index is 13.1. The van der Waals surface area contributed by atoms with Crippen molar-refractivity contribution in [2.75, 3.05) is 26.2 Å². The number of hydrogen-bond donors (Lipinski definition) is 3. The second-order valence-corrected chi connectivity index (χ2v) is 8.28. The van der Waals surface area contributed by atoms with Crippen LogP contribution in [0.25, 0.3) is 0 Å². The lowest BCUT2D eigenvalue weighted by atomic mass is 9.90. The summed E-state index contributed by atoms with van der Waals surface area (Å²) >= 11 is 0. The van der Waals surface area contributed by atoms with E-state index in [0.29, 0.717) is 26.2 Å². The van der Waals surface area contributed by atoms with E-state index in [1.54, 1.807) is 0 Å². The molecule has 2 aliphatic heterocycles. The molecule has 1 saturated carbocycles. The van der Waals surface area contributed by atoms with Crippen LogP contribution in [0, 0.1) is 17.3 Å². The first-order valence-corrected chi connectivity index (χ1v) is 9.97. The molecule has 2 saturated heterocycles. The fourth-order valence-electron chi connectivity index (χ4n) is 4.60. The highest BCUT2D eigenvalue weighted by atomic mass is 19.4. The van der Waals surface area contributed by atoms with Crippen LogP contribution in [0.5, 0.6) is 0 Å². The normalized spacial score (nSPS) is 24.0. The summed E-state index contributed by atoms with van der Waals surface area (Å²) in [4.78, 5) is 26.9. The molecule has 1 aliphatic carbocycles. The molecule has 29 heavy (non-hydrogen) atoms. The average Bonchev–Trinajstić information content (AvgIpc) is 3.14. The van der Waals surface area contributed by atoms with Crippen molar-refractivity contribution in [3.63, 3.8) is 0 Å². The number of hydrogen-bond acceptors (Lipinski definition) is 4. The Morgan fingerprint density at radius 2 is 1.79 bits per heavy atom. The first-order chi connectivity index (χ1) is 13.8. The van der Waals surface area contributed by atoms with Crippen molar-refractivity contribution in [3.05, 3.63) is 35.4 Å². The second kappa shape index (κ2) is 7.60. The monoisotopic (exact) mass is 410 g/mol. The van der Waals surface area contributed by atoms with Gasteiger partial charge in [-0.15, -0.1) is 0 Å². The number of carbonyl (C=O) groups excluding carboxylic acids is 2. The summed E-state index contributed by atoms with van der Waals surface area (Å²) < 4.78 is 39.3. The topological polar surface area (TPSA) is 73.5 Å². The summed E-state index contributed by atoms with van der Waals surface area (Å²) in [7, 11) is 0. The number of amides is 2. The molecule has 4 rings (SSSR count). The smallest absolute Gasteiger partial charge is 0.352 e. The molecule has 2 amide bonds. The molecular formula is C20H25F3N4O2. The van der Waals surface area contributed by atoms with Crippen molar-refractivity contribution in [1.29, 1.82) is 0 Å². The molecule has 1 aromatic rings. The van der Waals surface area contributed by atoms with Gasteiger partial charge < -0.3 is 10.2 Å². The van der Waals surface area contributed by atoms with E-state index >= 15 is 0 Å². The number of halogens is 3. The number of rotatable bonds is 4. The number of benzene rings is 1. The van der Waals surface area contributed by atoms with Crippen LogP contribution in [-0.4, -0.2) is 42.9 Å². The number of likely N-dealkylation sites (tertiary alicyclic amines) is 1. The molecule has 3 N–H and O–H groups in total. The van der Waals surface area contributed by atoms with Crippen molar-refractivity contribution in [2.24, 2.45) is 17.3 Å². The molecule has 0 radical (unpaired) electrons. The molecule has 1 aromatic carbocycles. The molecule has 0 bridgehead atoms. The largest absolute Gasteiger partial charge is 0.416 e. The van der Waals surface area contributed by atoms with Gasteiger partial charge in [0.25, 0.3) is 0 Å². The van der Waals surface area contributed by atoms with Gasteiger partial charge in [-0.3, -0.25) is 20.4 Å². The van der Waals surface area contributed by atoms with Gasteiger partial charge in [-0.1, -0.05) is 18.2 Å². The highest BCUT2D eigenvalue weighted by Gasteiger charge is 2.58. The molecule has 1 spiro atoms. The third-order valence-corrected chi connectivity index (χ3v) is 6.52. The zero-order chi connectivity index (χ0) is 20.6. The Hall–Kier alpha value is -2.13. The third kappa shape index (κ3) is 4.11. The van der Waals surface area contributed by atoms with E-state index in [0.717, 1.165) is 25.3 Å². The first-order valence-electron chi connectivity index (χ1n) is 9.97. The number of hydrazine groups is 1. The van der Waals surface area contributed by atoms with Gasteiger partial charge in [0, 0.05) is 38.6 Å². The summed E-state index contributed by atoms with van der Waals surface area (Å²) in [5, 5.41) is 2.69. The van der Waals surface area contributed by atoms with Crippen LogP contribution >= 0.6 is 0 Å². The molecule has 3 aliphatic rings. The number of nitrogens with zero attached hydrogens (tertiary/aromatic N) is 1. The number of alkyl halides is 3. The van der Waals surface area contributed by atoms with E-state index in [1.807, 2.05) is 4.90 Å². The van der Waals surface area contributed by atoms with Gasteiger partial charge in [0.05, 0.1) is 11.5 Å². The van der Waals surface area contributed by atoms with E-state index in [4.69, 9.17) is 0 Å². The lowest BCUT2D eigenvalue weighted by molar-refractivity contribution is -0.139. The molecule has 1 atom stereocenters. The summed E-state index contributed by atoms with van der Waals surface area (Å²) in [6.07, 6.45) is -2.16. The van der Waals surface area contributed by atoms with Crippen molar-refractivity contribution in [1.82, 2.24) is 21.1 Å². The van der Waals surface area contributed by atoms with Gasteiger partial charge in [-0.25, -0.2) is 0 Å². The lowest BCUT2D eigenvalue weighted by Gasteiger charge is -2.34. The SMILES string of the molecule is O=C(NCc1ccccc1C(F)(F)F)C1CC12CCN(C(=O)C1CNNC1)CC2. The molecule has 6 nitrogen and oxygen atoms in total. The van der Waals surface area contributed by atoms with Gasteiger partial charge >= 0.3 is 6.18 Å². The van der Waals surface area contributed by atoms with Gasteiger partial charge in [0.1, 0.15) is 0 Å². The maximum atomic E-state index is 13.1. The minimum Gasteiger partial charge on any atom is -0.352 e. The van der Waals surface area contributed by atoms with Gasteiger partial charge in [0.15, 0.2) is 0 Å². The Kier molecular flexibility index (Phi) is 5.29. The maximum Gasteiger partial charge on any atom is 0.416 e. The van der Waals surface area contributed by atoms with E-state index < -0.39 is 11.7 Å². The zero-order valence-corrected chi connectivity index (χ0v) is 16.0. The minimum absolute atomic E-state index is 0.0453. The average molecular weight is 410 g/mol. The predicted molar refractivity (Wildman–Crippen MR) is 99.1 cm³/mol. The molecule has 0 aromatic heterocycles. The summed E-state index contributed by atoms with van der Waals surface area (Å²) in [5.74, 6) is -0.266. The number of piperidine rings is 1. The van der Waals surface area contributed by atoms with Gasteiger partial charge in [-0.05, 0) is 36.3 Å². The molecule has 158 valence electrons. The fourth-order valence-corrected chi connectivity index (χ4v) is 4.60. The second-order valence-electron chi connectivity index (χ2n) is 8.28. The Labute approximate surface area is 167 Å². The van der Waals surface area contributed by atoms with Crippen LogP contribution in [0.15, 0.2) is 24.3 Å². The van der Waals surface area contributed by atoms with E-state index in [9.17, 15) is 22.8 Å². The Morgan fingerprint density at radius 3 is 2.45 bits per heavy atom. The number of carbonyl (C=O) groups is 2. The Balaban J connectivity index is 1.29. The van der Waals surface area contributed by atoms with Crippen molar-refractivity contribution < 1.29 is 22.8 Å². The highest BCUT2D eigenvalue weighted by Crippen LogP contribution is 2.59. The Morgan fingerprint density at radius 1 is 1.14 bits per heavy atom. The zero-order valence-electron chi connectivity index (χ0n) is 16.0. The predicted octanol–water partition coefficient (Wildman–Crippen LogP) is 1.67. The van der Waals surface area contributed by atoms with Gasteiger partial charge in [0.2, 0.25) is 11.8 Å². The van der Waals surface area contributed by atoms with Crippen molar-refractivity contribution in [3.8, 4) is 0 Å². The van der Waals surface area contributed by atoms with Crippen molar-refractivity contribution in [2.45, 2.75) is 32.0 Å².